The molecule has 20 heavy (non-hydrogen) atoms. The molecule has 0 spiro atoms. The van der Waals surface area contributed by atoms with Gasteiger partial charge < -0.3 is 21.3 Å². The van der Waals surface area contributed by atoms with Gasteiger partial charge in [0.05, 0.1) is 12.1 Å². The Morgan fingerprint density at radius 1 is 1.35 bits per heavy atom. The lowest BCUT2D eigenvalue weighted by atomic mass is 10.1. The van der Waals surface area contributed by atoms with Crippen LogP contribution in [0.3, 0.4) is 0 Å². The van der Waals surface area contributed by atoms with Crippen LogP contribution >= 0.6 is 15.9 Å². The maximum absolute atomic E-state index is 12.0. The van der Waals surface area contributed by atoms with Gasteiger partial charge in [-0.05, 0) is 28.1 Å². The van der Waals surface area contributed by atoms with Gasteiger partial charge in [0.1, 0.15) is 0 Å². The van der Waals surface area contributed by atoms with Gasteiger partial charge in [-0.15, -0.1) is 0 Å². The van der Waals surface area contributed by atoms with Gasteiger partial charge in [0, 0.05) is 36.3 Å². The van der Waals surface area contributed by atoms with Crippen LogP contribution < -0.4 is 16.4 Å². The van der Waals surface area contributed by atoms with E-state index in [9.17, 15) is 9.59 Å². The SMILES string of the molecule is NC(=O)c1c(Br)cccc1NCC(=O)N1CCNCC1. The van der Waals surface area contributed by atoms with E-state index in [0.29, 0.717) is 28.8 Å². The molecule has 0 radical (unpaired) electrons. The Labute approximate surface area is 125 Å². The number of nitrogens with zero attached hydrogens (tertiary/aromatic N) is 1. The summed E-state index contributed by atoms with van der Waals surface area (Å²) in [5.74, 6) is -0.517. The number of nitrogens with one attached hydrogen (secondary N) is 2. The average Bonchev–Trinajstić information content (AvgIpc) is 2.45. The summed E-state index contributed by atoms with van der Waals surface area (Å²) in [6.07, 6.45) is 0. The lowest BCUT2D eigenvalue weighted by Crippen LogP contribution is -2.48. The second-order valence-electron chi connectivity index (χ2n) is 4.51. The summed E-state index contributed by atoms with van der Waals surface area (Å²) in [4.78, 5) is 25.3. The molecule has 0 saturated carbocycles. The van der Waals surface area contributed by atoms with Gasteiger partial charge in [-0.25, -0.2) is 0 Å². The van der Waals surface area contributed by atoms with Crippen molar-refractivity contribution < 1.29 is 9.59 Å². The minimum atomic E-state index is -0.533. The molecule has 0 bridgehead atoms. The Morgan fingerprint density at radius 3 is 2.70 bits per heavy atom. The smallest absolute Gasteiger partial charge is 0.251 e. The maximum atomic E-state index is 12.0. The van der Waals surface area contributed by atoms with Crippen molar-refractivity contribution >= 4 is 33.4 Å². The molecule has 1 aliphatic rings. The van der Waals surface area contributed by atoms with E-state index in [1.165, 1.54) is 0 Å². The predicted molar refractivity (Wildman–Crippen MR) is 80.6 cm³/mol. The number of halogens is 1. The summed E-state index contributed by atoms with van der Waals surface area (Å²) in [7, 11) is 0. The van der Waals surface area contributed by atoms with E-state index in [1.807, 2.05) is 0 Å². The highest BCUT2D eigenvalue weighted by molar-refractivity contribution is 9.10. The van der Waals surface area contributed by atoms with Crippen LogP contribution in [-0.4, -0.2) is 49.4 Å². The second kappa shape index (κ2) is 6.71. The van der Waals surface area contributed by atoms with Gasteiger partial charge in [-0.2, -0.15) is 0 Å². The summed E-state index contributed by atoms with van der Waals surface area (Å²) in [6, 6.07) is 5.26. The number of rotatable bonds is 4. The molecule has 2 amide bonds. The van der Waals surface area contributed by atoms with Crippen molar-refractivity contribution in [3.63, 3.8) is 0 Å². The molecular formula is C13H17BrN4O2. The Bertz CT molecular complexity index is 515. The van der Waals surface area contributed by atoms with E-state index in [0.717, 1.165) is 13.1 Å². The zero-order chi connectivity index (χ0) is 14.5. The number of primary amides is 1. The van der Waals surface area contributed by atoms with Crippen molar-refractivity contribution in [1.82, 2.24) is 10.2 Å². The summed E-state index contributed by atoms with van der Waals surface area (Å²) < 4.78 is 0.615. The fourth-order valence-corrected chi connectivity index (χ4v) is 2.68. The van der Waals surface area contributed by atoms with Gasteiger partial charge in [-0.3, -0.25) is 9.59 Å². The molecule has 2 rings (SSSR count). The number of amides is 2. The summed E-state index contributed by atoms with van der Waals surface area (Å²) in [6.45, 7) is 3.20. The fraction of sp³-hybridized carbons (Fsp3) is 0.385. The minimum Gasteiger partial charge on any atom is -0.375 e. The molecule has 4 N–H and O–H groups in total. The topological polar surface area (TPSA) is 87.5 Å². The monoisotopic (exact) mass is 340 g/mol. The van der Waals surface area contributed by atoms with E-state index in [-0.39, 0.29) is 12.5 Å². The highest BCUT2D eigenvalue weighted by atomic mass is 79.9. The number of hydrogen-bond donors (Lipinski definition) is 3. The molecule has 7 heteroatoms. The first-order valence-corrected chi connectivity index (χ1v) is 7.19. The third kappa shape index (κ3) is 3.49. The Balaban J connectivity index is 2.02. The molecule has 0 aliphatic carbocycles. The molecule has 0 aromatic heterocycles. The summed E-state index contributed by atoms with van der Waals surface area (Å²) in [5.41, 5.74) is 6.28. The summed E-state index contributed by atoms with van der Waals surface area (Å²) >= 11 is 3.29. The number of hydrogen-bond acceptors (Lipinski definition) is 4. The lowest BCUT2D eigenvalue weighted by molar-refractivity contribution is -0.129. The van der Waals surface area contributed by atoms with Crippen LogP contribution in [0.2, 0.25) is 0 Å². The van der Waals surface area contributed by atoms with Crippen LogP contribution in [0.4, 0.5) is 5.69 Å². The molecule has 1 heterocycles. The van der Waals surface area contributed by atoms with Crippen molar-refractivity contribution in [3.8, 4) is 0 Å². The van der Waals surface area contributed by atoms with Gasteiger partial charge >= 0.3 is 0 Å². The molecule has 108 valence electrons. The third-order valence-electron chi connectivity index (χ3n) is 3.16. The first-order valence-electron chi connectivity index (χ1n) is 6.40. The van der Waals surface area contributed by atoms with E-state index >= 15 is 0 Å². The van der Waals surface area contributed by atoms with E-state index < -0.39 is 5.91 Å². The quantitative estimate of drug-likeness (QED) is 0.740. The number of carbonyl (C=O) groups is 2. The van der Waals surface area contributed by atoms with Crippen molar-refractivity contribution in [2.75, 3.05) is 38.0 Å². The Kier molecular flexibility index (Phi) is 4.97. The molecule has 6 nitrogen and oxygen atoms in total. The number of piperazine rings is 1. The zero-order valence-corrected chi connectivity index (χ0v) is 12.6. The van der Waals surface area contributed by atoms with Crippen LogP contribution in [-0.2, 0) is 4.79 Å². The molecule has 0 atom stereocenters. The van der Waals surface area contributed by atoms with Gasteiger partial charge in [0.25, 0.3) is 5.91 Å². The molecule has 1 aromatic carbocycles. The largest absolute Gasteiger partial charge is 0.375 e. The Hall–Kier alpha value is -1.60. The van der Waals surface area contributed by atoms with Gasteiger partial charge in [0.15, 0.2) is 0 Å². The van der Waals surface area contributed by atoms with Crippen LogP contribution in [0.25, 0.3) is 0 Å². The highest BCUT2D eigenvalue weighted by Gasteiger charge is 2.17. The van der Waals surface area contributed by atoms with Crippen molar-refractivity contribution in [1.29, 1.82) is 0 Å². The van der Waals surface area contributed by atoms with Gasteiger partial charge in [0.2, 0.25) is 5.91 Å². The van der Waals surface area contributed by atoms with E-state index in [4.69, 9.17) is 5.73 Å². The van der Waals surface area contributed by atoms with Crippen molar-refractivity contribution in [3.05, 3.63) is 28.2 Å². The summed E-state index contributed by atoms with van der Waals surface area (Å²) in [5, 5.41) is 6.18. The maximum Gasteiger partial charge on any atom is 0.251 e. The van der Waals surface area contributed by atoms with Crippen LogP contribution in [0.1, 0.15) is 10.4 Å². The average molecular weight is 341 g/mol. The number of carbonyl (C=O) groups excluding carboxylic acids is 2. The van der Waals surface area contributed by atoms with E-state index in [1.54, 1.807) is 23.1 Å². The standard InChI is InChI=1S/C13H17BrN4O2/c14-9-2-1-3-10(12(9)13(15)20)17-8-11(19)18-6-4-16-5-7-18/h1-3,16-17H,4-8H2,(H2,15,20). The lowest BCUT2D eigenvalue weighted by Gasteiger charge is -2.27. The van der Waals surface area contributed by atoms with Crippen LogP contribution in [0.15, 0.2) is 22.7 Å². The molecule has 1 fully saturated rings. The van der Waals surface area contributed by atoms with Crippen LogP contribution in [0.5, 0.6) is 0 Å². The zero-order valence-electron chi connectivity index (χ0n) is 11.0. The first-order chi connectivity index (χ1) is 9.59. The third-order valence-corrected chi connectivity index (χ3v) is 3.82. The van der Waals surface area contributed by atoms with E-state index in [2.05, 4.69) is 26.6 Å². The number of nitrogens with two attached hydrogens (primary N) is 1. The molecular weight excluding hydrogens is 324 g/mol. The number of benzene rings is 1. The molecule has 0 unspecified atom stereocenters. The Morgan fingerprint density at radius 2 is 2.05 bits per heavy atom. The van der Waals surface area contributed by atoms with Crippen molar-refractivity contribution in [2.24, 2.45) is 5.73 Å². The highest BCUT2D eigenvalue weighted by Crippen LogP contribution is 2.24. The first kappa shape index (κ1) is 14.8. The molecule has 1 saturated heterocycles. The fourth-order valence-electron chi connectivity index (χ4n) is 2.12. The van der Waals surface area contributed by atoms with Gasteiger partial charge in [-0.1, -0.05) is 6.07 Å². The van der Waals surface area contributed by atoms with Crippen LogP contribution in [0, 0.1) is 0 Å². The molecule has 1 aliphatic heterocycles. The number of anilines is 1. The second-order valence-corrected chi connectivity index (χ2v) is 5.37. The minimum absolute atomic E-state index is 0.0156. The predicted octanol–water partition coefficient (Wildman–Crippen LogP) is 0.392. The normalized spacial score (nSPS) is 14.9. The molecule has 1 aromatic rings. The van der Waals surface area contributed by atoms with Crippen molar-refractivity contribution in [2.45, 2.75) is 0 Å².